The summed E-state index contributed by atoms with van der Waals surface area (Å²) in [5.41, 5.74) is 1.29. The minimum absolute atomic E-state index is 0.364. The van der Waals surface area contributed by atoms with Gasteiger partial charge >= 0.3 is 0 Å². The molecule has 0 atom stereocenters. The highest BCUT2D eigenvalue weighted by Crippen LogP contribution is 2.32. The van der Waals surface area contributed by atoms with Gasteiger partial charge < -0.3 is 9.64 Å². The Bertz CT molecular complexity index is 1080. The molecule has 3 aromatic carbocycles. The van der Waals surface area contributed by atoms with Crippen molar-refractivity contribution in [3.63, 3.8) is 0 Å². The van der Waals surface area contributed by atoms with Crippen LogP contribution in [-0.4, -0.2) is 45.5 Å². The van der Waals surface area contributed by atoms with Crippen LogP contribution in [0.25, 0.3) is 10.8 Å². The van der Waals surface area contributed by atoms with Gasteiger partial charge in [-0.1, -0.05) is 54.6 Å². The molecule has 152 valence electrons. The lowest BCUT2D eigenvalue weighted by molar-refractivity contribution is -0.917. The summed E-state index contributed by atoms with van der Waals surface area (Å²) in [7, 11) is -3.55. The molecule has 29 heavy (non-hydrogen) atoms. The third-order valence-corrected chi connectivity index (χ3v) is 7.44. The summed E-state index contributed by atoms with van der Waals surface area (Å²) in [6.07, 6.45) is 0. The van der Waals surface area contributed by atoms with E-state index in [0.29, 0.717) is 24.6 Å². The number of ether oxygens (including phenoxy) is 1. The topological polar surface area (TPSA) is 51.1 Å². The third kappa shape index (κ3) is 4.15. The van der Waals surface area contributed by atoms with Crippen LogP contribution in [-0.2, 0) is 16.6 Å². The van der Waals surface area contributed by atoms with Crippen LogP contribution in [0.15, 0.2) is 71.6 Å². The number of hydrogen-bond donors (Lipinski definition) is 1. The molecule has 0 unspecified atom stereocenters. The largest absolute Gasteiger partial charge is 0.493 e. The molecule has 0 spiro atoms. The molecule has 0 bridgehead atoms. The summed E-state index contributed by atoms with van der Waals surface area (Å²) in [6.45, 7) is 6.09. The van der Waals surface area contributed by atoms with Crippen LogP contribution in [0, 0.1) is 0 Å². The van der Waals surface area contributed by atoms with Crippen molar-refractivity contribution in [3.05, 3.63) is 72.3 Å². The molecule has 0 radical (unpaired) electrons. The van der Waals surface area contributed by atoms with Gasteiger partial charge in [0.25, 0.3) is 0 Å². The van der Waals surface area contributed by atoms with Crippen molar-refractivity contribution < 1.29 is 18.1 Å². The fourth-order valence-electron chi connectivity index (χ4n) is 3.99. The van der Waals surface area contributed by atoms with Crippen molar-refractivity contribution in [2.75, 3.05) is 32.8 Å². The van der Waals surface area contributed by atoms with E-state index in [9.17, 15) is 8.42 Å². The number of nitrogens with one attached hydrogen (secondary N) is 1. The number of benzene rings is 3. The van der Waals surface area contributed by atoms with Gasteiger partial charge in [0, 0.05) is 16.3 Å². The average Bonchev–Trinajstić information content (AvgIpc) is 2.75. The SMILES string of the molecule is CCOc1ccc(S(=O)(=O)N2CC[NH+](Cc3ccccc3)CC2)c2ccccc12. The van der Waals surface area contributed by atoms with E-state index < -0.39 is 10.0 Å². The molecule has 0 amide bonds. The molecule has 0 saturated carbocycles. The molecule has 0 aliphatic carbocycles. The average molecular weight is 412 g/mol. The number of rotatable bonds is 6. The van der Waals surface area contributed by atoms with E-state index in [4.69, 9.17) is 4.74 Å². The Morgan fingerprint density at radius 3 is 2.24 bits per heavy atom. The quantitative estimate of drug-likeness (QED) is 0.677. The van der Waals surface area contributed by atoms with Crippen LogP contribution in [0.1, 0.15) is 12.5 Å². The van der Waals surface area contributed by atoms with Crippen molar-refractivity contribution in [2.45, 2.75) is 18.4 Å². The van der Waals surface area contributed by atoms with Crippen molar-refractivity contribution in [1.82, 2.24) is 4.31 Å². The van der Waals surface area contributed by atoms with Crippen LogP contribution in [0.5, 0.6) is 5.75 Å². The molecule has 1 fully saturated rings. The zero-order valence-corrected chi connectivity index (χ0v) is 17.5. The molecular formula is C23H27N2O3S+. The second-order valence-electron chi connectivity index (χ2n) is 7.36. The molecule has 1 aliphatic heterocycles. The highest BCUT2D eigenvalue weighted by molar-refractivity contribution is 7.89. The summed E-state index contributed by atoms with van der Waals surface area (Å²) in [6, 6.07) is 21.4. The van der Waals surface area contributed by atoms with Crippen LogP contribution in [0.2, 0.25) is 0 Å². The van der Waals surface area contributed by atoms with Crippen molar-refractivity contribution >= 4 is 20.8 Å². The van der Waals surface area contributed by atoms with Crippen molar-refractivity contribution in [1.29, 1.82) is 0 Å². The van der Waals surface area contributed by atoms with E-state index in [1.165, 1.54) is 10.5 Å². The van der Waals surface area contributed by atoms with E-state index in [-0.39, 0.29) is 0 Å². The van der Waals surface area contributed by atoms with E-state index >= 15 is 0 Å². The van der Waals surface area contributed by atoms with Crippen LogP contribution in [0.4, 0.5) is 0 Å². The molecule has 5 nitrogen and oxygen atoms in total. The smallest absolute Gasteiger partial charge is 0.244 e. The minimum atomic E-state index is -3.55. The summed E-state index contributed by atoms with van der Waals surface area (Å²) in [5.74, 6) is 0.721. The summed E-state index contributed by atoms with van der Waals surface area (Å²) >= 11 is 0. The van der Waals surface area contributed by atoms with Gasteiger partial charge in [-0.25, -0.2) is 8.42 Å². The van der Waals surface area contributed by atoms with Crippen LogP contribution >= 0.6 is 0 Å². The van der Waals surface area contributed by atoms with Crippen molar-refractivity contribution in [3.8, 4) is 5.75 Å². The number of hydrogen-bond acceptors (Lipinski definition) is 3. The molecule has 0 aromatic heterocycles. The zero-order valence-electron chi connectivity index (χ0n) is 16.7. The van der Waals surface area contributed by atoms with E-state index in [1.54, 1.807) is 16.4 Å². The lowest BCUT2D eigenvalue weighted by Gasteiger charge is -2.31. The lowest BCUT2D eigenvalue weighted by atomic mass is 10.1. The molecule has 1 saturated heterocycles. The minimum Gasteiger partial charge on any atom is -0.493 e. The predicted octanol–water partition coefficient (Wildman–Crippen LogP) is 2.33. The molecule has 6 heteroatoms. The van der Waals surface area contributed by atoms with Gasteiger partial charge in [-0.15, -0.1) is 0 Å². The number of quaternary nitrogens is 1. The second-order valence-corrected chi connectivity index (χ2v) is 9.26. The predicted molar refractivity (Wildman–Crippen MR) is 115 cm³/mol. The molecule has 1 aliphatic rings. The number of fused-ring (bicyclic) bond motifs is 1. The molecule has 4 rings (SSSR count). The Morgan fingerprint density at radius 2 is 1.55 bits per heavy atom. The van der Waals surface area contributed by atoms with Gasteiger partial charge in [0.05, 0.1) is 37.7 Å². The van der Waals surface area contributed by atoms with Gasteiger partial charge in [0.15, 0.2) is 0 Å². The first-order valence-corrected chi connectivity index (χ1v) is 11.6. The maximum Gasteiger partial charge on any atom is 0.244 e. The maximum atomic E-state index is 13.4. The molecule has 3 aromatic rings. The van der Waals surface area contributed by atoms with E-state index in [1.807, 2.05) is 49.4 Å². The molecular weight excluding hydrogens is 384 g/mol. The van der Waals surface area contributed by atoms with Crippen LogP contribution < -0.4 is 9.64 Å². The zero-order chi connectivity index (χ0) is 20.3. The normalized spacial score (nSPS) is 16.2. The Balaban J connectivity index is 1.55. The monoisotopic (exact) mass is 411 g/mol. The van der Waals surface area contributed by atoms with Crippen molar-refractivity contribution in [2.24, 2.45) is 0 Å². The van der Waals surface area contributed by atoms with E-state index in [2.05, 4.69) is 12.1 Å². The van der Waals surface area contributed by atoms with Crippen LogP contribution in [0.3, 0.4) is 0 Å². The Morgan fingerprint density at radius 1 is 0.897 bits per heavy atom. The Kier molecular flexibility index (Phi) is 5.85. The fourth-order valence-corrected chi connectivity index (χ4v) is 5.63. The van der Waals surface area contributed by atoms with Gasteiger partial charge in [0.1, 0.15) is 12.3 Å². The summed E-state index contributed by atoms with van der Waals surface area (Å²) in [5, 5.41) is 1.56. The lowest BCUT2D eigenvalue weighted by Crippen LogP contribution is -3.13. The Hall–Kier alpha value is -2.41. The fraction of sp³-hybridized carbons (Fsp3) is 0.304. The van der Waals surface area contributed by atoms with E-state index in [0.717, 1.165) is 36.2 Å². The van der Waals surface area contributed by atoms with Gasteiger partial charge in [-0.3, -0.25) is 0 Å². The summed E-state index contributed by atoms with van der Waals surface area (Å²) < 4.78 is 34.1. The molecule has 1 N–H and O–H groups in total. The van der Waals surface area contributed by atoms with Gasteiger partial charge in [0.2, 0.25) is 10.0 Å². The highest BCUT2D eigenvalue weighted by atomic mass is 32.2. The van der Waals surface area contributed by atoms with Gasteiger partial charge in [-0.05, 0) is 19.1 Å². The maximum absolute atomic E-state index is 13.4. The highest BCUT2D eigenvalue weighted by Gasteiger charge is 2.31. The third-order valence-electron chi connectivity index (χ3n) is 5.49. The molecule has 1 heterocycles. The Labute approximate surface area is 172 Å². The first kappa shape index (κ1) is 19.9. The van der Waals surface area contributed by atoms with Gasteiger partial charge in [-0.2, -0.15) is 4.31 Å². The number of nitrogens with zero attached hydrogens (tertiary/aromatic N) is 1. The first-order chi connectivity index (χ1) is 14.1. The standard InChI is InChI=1S/C23H26N2O3S/c1-2-28-22-12-13-23(21-11-7-6-10-20(21)22)29(26,27)25-16-14-24(15-17-25)18-19-8-4-3-5-9-19/h3-13H,2,14-18H2,1H3/p+1. The number of piperazine rings is 1. The first-order valence-electron chi connectivity index (χ1n) is 10.1. The summed E-state index contributed by atoms with van der Waals surface area (Å²) in [4.78, 5) is 1.78. The second kappa shape index (κ2) is 8.53. The number of sulfonamides is 1.